The van der Waals surface area contributed by atoms with Crippen LogP contribution in [0.3, 0.4) is 0 Å². The first-order valence-electron chi connectivity index (χ1n) is 9.30. The van der Waals surface area contributed by atoms with Crippen molar-refractivity contribution >= 4 is 0 Å². The molecule has 130 valence electrons. The summed E-state index contributed by atoms with van der Waals surface area (Å²) in [4.78, 5) is 0. The van der Waals surface area contributed by atoms with Crippen molar-refractivity contribution in [3.8, 4) is 0 Å². The van der Waals surface area contributed by atoms with Crippen LogP contribution >= 0.6 is 0 Å². The van der Waals surface area contributed by atoms with E-state index in [9.17, 15) is 0 Å². The van der Waals surface area contributed by atoms with Crippen LogP contribution in [0.2, 0.25) is 0 Å². The lowest BCUT2D eigenvalue weighted by atomic mass is 9.99. The second-order valence-corrected chi connectivity index (χ2v) is 5.85. The minimum atomic E-state index is -0.332. The van der Waals surface area contributed by atoms with Gasteiger partial charge < -0.3 is 9.47 Å². The molecule has 0 bridgehead atoms. The summed E-state index contributed by atoms with van der Waals surface area (Å²) in [5.74, 6) is -0.332. The number of rotatable bonds is 16. The second kappa shape index (κ2) is 15.3. The van der Waals surface area contributed by atoms with Gasteiger partial charge in [0.25, 0.3) is 0 Å². The SMILES string of the molecule is C=CC=CCCCCCCC(CCCCC)(OCC)OCC. The number of ether oxygens (including phenoxy) is 2. The predicted molar refractivity (Wildman–Crippen MR) is 97.2 cm³/mol. The number of unbranched alkanes of at least 4 members (excludes halogenated alkanes) is 6. The van der Waals surface area contributed by atoms with Crippen molar-refractivity contribution in [3.05, 3.63) is 24.8 Å². The quantitative estimate of drug-likeness (QED) is 0.186. The number of hydrogen-bond donors (Lipinski definition) is 0. The van der Waals surface area contributed by atoms with Gasteiger partial charge >= 0.3 is 0 Å². The molecule has 0 saturated heterocycles. The Morgan fingerprint density at radius 1 is 0.818 bits per heavy atom. The Labute approximate surface area is 139 Å². The van der Waals surface area contributed by atoms with Crippen LogP contribution < -0.4 is 0 Å². The van der Waals surface area contributed by atoms with E-state index in [4.69, 9.17) is 9.47 Å². The molecule has 0 rings (SSSR count). The molecule has 0 aromatic rings. The Hall–Kier alpha value is -0.600. The Morgan fingerprint density at radius 2 is 1.41 bits per heavy atom. The minimum Gasteiger partial charge on any atom is -0.350 e. The van der Waals surface area contributed by atoms with Gasteiger partial charge in [0, 0.05) is 26.1 Å². The van der Waals surface area contributed by atoms with Crippen LogP contribution in [-0.4, -0.2) is 19.0 Å². The van der Waals surface area contributed by atoms with Crippen molar-refractivity contribution < 1.29 is 9.47 Å². The van der Waals surface area contributed by atoms with E-state index in [2.05, 4.69) is 33.4 Å². The summed E-state index contributed by atoms with van der Waals surface area (Å²) in [5, 5.41) is 0. The van der Waals surface area contributed by atoms with Crippen molar-refractivity contribution in [3.63, 3.8) is 0 Å². The third-order valence-electron chi connectivity index (χ3n) is 3.93. The highest BCUT2D eigenvalue weighted by Gasteiger charge is 2.29. The van der Waals surface area contributed by atoms with Crippen LogP contribution in [0, 0.1) is 0 Å². The highest BCUT2D eigenvalue weighted by atomic mass is 16.7. The van der Waals surface area contributed by atoms with Crippen molar-refractivity contribution in [1.82, 2.24) is 0 Å². The lowest BCUT2D eigenvalue weighted by Gasteiger charge is -2.33. The van der Waals surface area contributed by atoms with E-state index in [0.29, 0.717) is 0 Å². The molecule has 0 aliphatic carbocycles. The molecule has 0 radical (unpaired) electrons. The maximum absolute atomic E-state index is 6.03. The molecular weight excluding hydrogens is 272 g/mol. The Kier molecular flexibility index (Phi) is 14.9. The van der Waals surface area contributed by atoms with E-state index in [0.717, 1.165) is 32.5 Å². The summed E-state index contributed by atoms with van der Waals surface area (Å²) < 4.78 is 12.1. The molecule has 2 heteroatoms. The number of hydrogen-bond acceptors (Lipinski definition) is 2. The van der Waals surface area contributed by atoms with Crippen LogP contribution in [0.25, 0.3) is 0 Å². The molecule has 0 saturated carbocycles. The summed E-state index contributed by atoms with van der Waals surface area (Å²) in [6.07, 6.45) is 18.0. The zero-order valence-corrected chi connectivity index (χ0v) is 15.2. The smallest absolute Gasteiger partial charge is 0.168 e. The van der Waals surface area contributed by atoms with Crippen LogP contribution in [0.5, 0.6) is 0 Å². The van der Waals surface area contributed by atoms with E-state index in [1.807, 2.05) is 12.2 Å². The Bertz CT molecular complexity index is 265. The van der Waals surface area contributed by atoms with Crippen molar-refractivity contribution in [2.45, 2.75) is 90.8 Å². The summed E-state index contributed by atoms with van der Waals surface area (Å²) >= 11 is 0. The minimum absolute atomic E-state index is 0.332. The molecule has 0 spiro atoms. The lowest BCUT2D eigenvalue weighted by molar-refractivity contribution is -0.242. The molecule has 0 amide bonds. The Balaban J connectivity index is 4.09. The third-order valence-corrected chi connectivity index (χ3v) is 3.93. The third kappa shape index (κ3) is 11.0. The summed E-state index contributed by atoms with van der Waals surface area (Å²) in [7, 11) is 0. The van der Waals surface area contributed by atoms with Crippen LogP contribution in [0.15, 0.2) is 24.8 Å². The molecule has 0 aliphatic heterocycles. The maximum Gasteiger partial charge on any atom is 0.168 e. The molecule has 0 unspecified atom stereocenters. The average Bonchev–Trinajstić information content (AvgIpc) is 2.51. The maximum atomic E-state index is 6.03. The predicted octanol–water partition coefficient (Wildman–Crippen LogP) is 6.42. The van der Waals surface area contributed by atoms with Crippen molar-refractivity contribution in [2.75, 3.05) is 13.2 Å². The average molecular weight is 311 g/mol. The molecule has 0 aromatic heterocycles. The molecule has 0 aliphatic rings. The molecule has 0 aromatic carbocycles. The molecule has 22 heavy (non-hydrogen) atoms. The standard InChI is InChI=1S/C20H38O2/c1-5-9-11-12-13-14-15-17-19-20(21-7-3,22-8-4)18-16-10-6-2/h5,9,11H,1,6-8,10,12-19H2,2-4H3. The van der Waals surface area contributed by atoms with Gasteiger partial charge in [-0.1, -0.05) is 57.4 Å². The lowest BCUT2D eigenvalue weighted by Crippen LogP contribution is -2.36. The summed E-state index contributed by atoms with van der Waals surface area (Å²) in [5.41, 5.74) is 0. The fourth-order valence-electron chi connectivity index (χ4n) is 2.83. The second-order valence-electron chi connectivity index (χ2n) is 5.85. The van der Waals surface area contributed by atoms with E-state index >= 15 is 0 Å². The molecular formula is C20H38O2. The molecule has 0 atom stereocenters. The normalized spacial score (nSPS) is 12.1. The molecule has 0 fully saturated rings. The molecule has 0 N–H and O–H groups in total. The first-order valence-corrected chi connectivity index (χ1v) is 9.30. The topological polar surface area (TPSA) is 18.5 Å². The van der Waals surface area contributed by atoms with Crippen LogP contribution in [0.4, 0.5) is 0 Å². The fourth-order valence-corrected chi connectivity index (χ4v) is 2.83. The van der Waals surface area contributed by atoms with Gasteiger partial charge in [-0.15, -0.1) is 0 Å². The van der Waals surface area contributed by atoms with E-state index in [-0.39, 0.29) is 5.79 Å². The largest absolute Gasteiger partial charge is 0.350 e. The van der Waals surface area contributed by atoms with Gasteiger partial charge in [0.15, 0.2) is 5.79 Å². The summed E-state index contributed by atoms with van der Waals surface area (Å²) in [6, 6.07) is 0. The van der Waals surface area contributed by atoms with E-state index in [1.54, 1.807) is 0 Å². The van der Waals surface area contributed by atoms with E-state index < -0.39 is 0 Å². The first-order chi connectivity index (χ1) is 10.7. The van der Waals surface area contributed by atoms with Gasteiger partial charge in [-0.2, -0.15) is 0 Å². The molecule has 0 heterocycles. The monoisotopic (exact) mass is 310 g/mol. The van der Waals surface area contributed by atoms with E-state index in [1.165, 1.54) is 44.9 Å². The van der Waals surface area contributed by atoms with Crippen LogP contribution in [-0.2, 0) is 9.47 Å². The Morgan fingerprint density at radius 3 is 1.95 bits per heavy atom. The zero-order valence-electron chi connectivity index (χ0n) is 15.2. The highest BCUT2D eigenvalue weighted by molar-refractivity contribution is 4.96. The van der Waals surface area contributed by atoms with Gasteiger partial charge in [-0.3, -0.25) is 0 Å². The van der Waals surface area contributed by atoms with Crippen molar-refractivity contribution in [2.24, 2.45) is 0 Å². The zero-order chi connectivity index (χ0) is 16.5. The fraction of sp³-hybridized carbons (Fsp3) is 0.800. The summed E-state index contributed by atoms with van der Waals surface area (Å²) in [6.45, 7) is 11.5. The highest BCUT2D eigenvalue weighted by Crippen LogP contribution is 2.28. The number of allylic oxidation sites excluding steroid dienone is 3. The van der Waals surface area contributed by atoms with Gasteiger partial charge in [0.2, 0.25) is 0 Å². The van der Waals surface area contributed by atoms with Crippen LogP contribution in [0.1, 0.15) is 85.0 Å². The molecule has 2 nitrogen and oxygen atoms in total. The van der Waals surface area contributed by atoms with Crippen molar-refractivity contribution in [1.29, 1.82) is 0 Å². The van der Waals surface area contributed by atoms with Gasteiger partial charge in [-0.05, 0) is 39.5 Å². The first kappa shape index (κ1) is 21.4. The van der Waals surface area contributed by atoms with Gasteiger partial charge in [0.1, 0.15) is 0 Å². The van der Waals surface area contributed by atoms with Gasteiger partial charge in [0.05, 0.1) is 0 Å². The van der Waals surface area contributed by atoms with Gasteiger partial charge in [-0.25, -0.2) is 0 Å².